The van der Waals surface area contributed by atoms with E-state index in [-0.39, 0.29) is 24.4 Å². The number of rotatable bonds is 6. The fourth-order valence-corrected chi connectivity index (χ4v) is 3.03. The minimum atomic E-state index is -4.67. The third-order valence-electron chi connectivity index (χ3n) is 4.38. The number of aromatic amines is 1. The highest BCUT2D eigenvalue weighted by Gasteiger charge is 2.33. The highest BCUT2D eigenvalue weighted by Crippen LogP contribution is 2.32. The Morgan fingerprint density at radius 3 is 2.63 bits per heavy atom. The van der Waals surface area contributed by atoms with Crippen LogP contribution in [-0.4, -0.2) is 10.9 Å². The second-order valence-electron chi connectivity index (χ2n) is 6.29. The molecule has 0 aliphatic rings. The van der Waals surface area contributed by atoms with Gasteiger partial charge in [-0.05, 0) is 42.2 Å². The number of aryl methyl sites for hydroxylation is 1. The Balaban J connectivity index is 1.53. The molecule has 2 N–H and O–H groups in total. The molecule has 27 heavy (non-hydrogen) atoms. The van der Waals surface area contributed by atoms with Crippen LogP contribution in [0.15, 0.2) is 48.7 Å². The van der Waals surface area contributed by atoms with Crippen LogP contribution in [0.1, 0.15) is 29.5 Å². The summed E-state index contributed by atoms with van der Waals surface area (Å²) in [6, 6.07) is 10.3. The van der Waals surface area contributed by atoms with Gasteiger partial charge in [-0.2, -0.15) is 13.2 Å². The van der Waals surface area contributed by atoms with Crippen LogP contribution in [0.3, 0.4) is 0 Å². The van der Waals surface area contributed by atoms with E-state index in [2.05, 4.69) is 10.3 Å². The number of carbonyl (C=O) groups is 1. The molecule has 0 radical (unpaired) electrons. The van der Waals surface area contributed by atoms with Crippen molar-refractivity contribution in [3.63, 3.8) is 0 Å². The van der Waals surface area contributed by atoms with Crippen molar-refractivity contribution in [3.8, 4) is 0 Å². The van der Waals surface area contributed by atoms with Crippen LogP contribution >= 0.6 is 0 Å². The van der Waals surface area contributed by atoms with E-state index in [4.69, 9.17) is 0 Å². The predicted octanol–water partition coefficient (Wildman–Crippen LogP) is 4.96. The molecule has 0 saturated carbocycles. The van der Waals surface area contributed by atoms with Gasteiger partial charge in [0.2, 0.25) is 5.91 Å². The molecule has 1 heterocycles. The van der Waals surface area contributed by atoms with Crippen LogP contribution in [0.25, 0.3) is 10.9 Å². The van der Waals surface area contributed by atoms with Crippen LogP contribution in [0.4, 0.5) is 17.6 Å². The Morgan fingerprint density at radius 1 is 1.07 bits per heavy atom. The molecule has 1 amide bonds. The van der Waals surface area contributed by atoms with Gasteiger partial charge in [-0.25, -0.2) is 4.39 Å². The summed E-state index contributed by atoms with van der Waals surface area (Å²) >= 11 is 0. The lowest BCUT2D eigenvalue weighted by Crippen LogP contribution is -2.24. The van der Waals surface area contributed by atoms with Gasteiger partial charge in [-0.15, -0.1) is 0 Å². The lowest BCUT2D eigenvalue weighted by Gasteiger charge is -2.13. The van der Waals surface area contributed by atoms with Crippen molar-refractivity contribution in [2.75, 3.05) is 0 Å². The van der Waals surface area contributed by atoms with Gasteiger partial charge in [0.1, 0.15) is 5.82 Å². The first-order chi connectivity index (χ1) is 12.8. The highest BCUT2D eigenvalue weighted by atomic mass is 19.4. The third kappa shape index (κ3) is 4.67. The summed E-state index contributed by atoms with van der Waals surface area (Å²) in [5.41, 5.74) is 0.889. The average molecular weight is 378 g/mol. The summed E-state index contributed by atoms with van der Waals surface area (Å²) in [6.45, 7) is -0.291. The van der Waals surface area contributed by atoms with E-state index < -0.39 is 17.6 Å². The van der Waals surface area contributed by atoms with Crippen molar-refractivity contribution in [1.82, 2.24) is 10.3 Å². The molecule has 7 heteroatoms. The van der Waals surface area contributed by atoms with Crippen LogP contribution in [0.2, 0.25) is 0 Å². The molecule has 3 rings (SSSR count). The molecule has 3 aromatic rings. The lowest BCUT2D eigenvalue weighted by atomic mass is 10.1. The highest BCUT2D eigenvalue weighted by molar-refractivity contribution is 5.83. The molecule has 2 aromatic carbocycles. The van der Waals surface area contributed by atoms with Gasteiger partial charge in [0.15, 0.2) is 0 Å². The summed E-state index contributed by atoms with van der Waals surface area (Å²) in [4.78, 5) is 15.1. The van der Waals surface area contributed by atoms with Crippen LogP contribution < -0.4 is 5.32 Å². The molecule has 1 aromatic heterocycles. The van der Waals surface area contributed by atoms with Crippen LogP contribution in [0, 0.1) is 5.82 Å². The van der Waals surface area contributed by atoms with Crippen LogP contribution in [-0.2, 0) is 23.9 Å². The number of amides is 1. The lowest BCUT2D eigenvalue weighted by molar-refractivity contribution is -0.138. The predicted molar refractivity (Wildman–Crippen MR) is 94.5 cm³/mol. The SMILES string of the molecule is O=C(CCCc1c[nH]c2ccccc12)NCc1ccc(F)cc1C(F)(F)F. The molecule has 0 atom stereocenters. The molecule has 0 unspecified atom stereocenters. The summed E-state index contributed by atoms with van der Waals surface area (Å²) in [6.07, 6.45) is -1.32. The number of para-hydroxylation sites is 1. The monoisotopic (exact) mass is 378 g/mol. The minimum absolute atomic E-state index is 0.158. The van der Waals surface area contributed by atoms with Gasteiger partial charge >= 0.3 is 6.18 Å². The zero-order valence-corrected chi connectivity index (χ0v) is 14.4. The van der Waals surface area contributed by atoms with Gasteiger partial charge in [0.25, 0.3) is 0 Å². The number of hydrogen-bond acceptors (Lipinski definition) is 1. The van der Waals surface area contributed by atoms with Crippen molar-refractivity contribution < 1.29 is 22.4 Å². The number of carbonyl (C=O) groups excluding carboxylic acids is 1. The summed E-state index contributed by atoms with van der Waals surface area (Å²) in [5, 5.41) is 3.58. The van der Waals surface area contributed by atoms with Gasteiger partial charge in [0, 0.05) is 30.1 Å². The van der Waals surface area contributed by atoms with E-state index in [0.29, 0.717) is 18.9 Å². The molecule has 0 saturated heterocycles. The molecular weight excluding hydrogens is 360 g/mol. The van der Waals surface area contributed by atoms with Gasteiger partial charge in [0.05, 0.1) is 5.56 Å². The number of alkyl halides is 3. The summed E-state index contributed by atoms with van der Waals surface area (Å²) < 4.78 is 52.0. The van der Waals surface area contributed by atoms with Gasteiger partial charge < -0.3 is 10.3 Å². The third-order valence-corrected chi connectivity index (χ3v) is 4.38. The number of aromatic nitrogens is 1. The smallest absolute Gasteiger partial charge is 0.361 e. The zero-order chi connectivity index (χ0) is 19.4. The number of nitrogens with one attached hydrogen (secondary N) is 2. The Bertz CT molecular complexity index is 947. The summed E-state index contributed by atoms with van der Waals surface area (Å²) in [5.74, 6) is -1.30. The second-order valence-corrected chi connectivity index (χ2v) is 6.29. The largest absolute Gasteiger partial charge is 0.416 e. The number of H-pyrrole nitrogens is 1. The van der Waals surface area contributed by atoms with Crippen LogP contribution in [0.5, 0.6) is 0 Å². The van der Waals surface area contributed by atoms with E-state index in [1.54, 1.807) is 0 Å². The summed E-state index contributed by atoms with van der Waals surface area (Å²) in [7, 11) is 0. The Kier molecular flexibility index (Phi) is 5.48. The standard InChI is InChI=1S/C20H18F4N2O/c21-15-9-8-14(17(10-15)20(22,23)24)12-26-19(27)7-3-4-13-11-25-18-6-2-1-5-16(13)18/h1-2,5-6,8-11,25H,3-4,7,12H2,(H,26,27). The van der Waals surface area contributed by atoms with E-state index in [9.17, 15) is 22.4 Å². The quantitative estimate of drug-likeness (QED) is 0.585. The molecule has 3 nitrogen and oxygen atoms in total. The van der Waals surface area contributed by atoms with E-state index >= 15 is 0 Å². The second kappa shape index (κ2) is 7.82. The molecule has 0 aliphatic heterocycles. The van der Waals surface area contributed by atoms with Crippen molar-refractivity contribution in [2.24, 2.45) is 0 Å². The molecule has 0 aliphatic carbocycles. The number of halogens is 4. The van der Waals surface area contributed by atoms with Crippen molar-refractivity contribution in [1.29, 1.82) is 0 Å². The van der Waals surface area contributed by atoms with Gasteiger partial charge in [-0.1, -0.05) is 24.3 Å². The molecule has 0 fully saturated rings. The first kappa shape index (κ1) is 18.9. The van der Waals surface area contributed by atoms with E-state index in [1.807, 2.05) is 30.5 Å². The maximum absolute atomic E-state index is 13.1. The fourth-order valence-electron chi connectivity index (χ4n) is 3.03. The van der Waals surface area contributed by atoms with E-state index in [1.165, 1.54) is 0 Å². The topological polar surface area (TPSA) is 44.9 Å². The molecular formula is C20H18F4N2O. The maximum atomic E-state index is 13.1. The fraction of sp³-hybridized carbons (Fsp3) is 0.250. The number of fused-ring (bicyclic) bond motifs is 1. The first-order valence-electron chi connectivity index (χ1n) is 8.52. The normalized spacial score (nSPS) is 11.7. The molecule has 0 bridgehead atoms. The number of hydrogen-bond donors (Lipinski definition) is 2. The molecule has 142 valence electrons. The van der Waals surface area contributed by atoms with Crippen molar-refractivity contribution in [2.45, 2.75) is 32.0 Å². The Morgan fingerprint density at radius 2 is 1.85 bits per heavy atom. The molecule has 0 spiro atoms. The van der Waals surface area contributed by atoms with E-state index in [0.717, 1.165) is 28.6 Å². The average Bonchev–Trinajstić information content (AvgIpc) is 3.03. The maximum Gasteiger partial charge on any atom is 0.416 e. The first-order valence-corrected chi connectivity index (χ1v) is 8.52. The Labute approximate surface area is 153 Å². The minimum Gasteiger partial charge on any atom is -0.361 e. The Hall–Kier alpha value is -2.83. The van der Waals surface area contributed by atoms with Crippen molar-refractivity contribution in [3.05, 3.63) is 71.2 Å². The zero-order valence-electron chi connectivity index (χ0n) is 14.4. The van der Waals surface area contributed by atoms with Crippen molar-refractivity contribution >= 4 is 16.8 Å². The number of benzene rings is 2. The van der Waals surface area contributed by atoms with Gasteiger partial charge in [-0.3, -0.25) is 4.79 Å².